The fourth-order valence-corrected chi connectivity index (χ4v) is 4.62. The Bertz CT molecular complexity index is 1050. The van der Waals surface area contributed by atoms with E-state index >= 15 is 0 Å². The number of carbonyl (C=O) groups is 2. The average Bonchev–Trinajstić information content (AvgIpc) is 3.05. The van der Waals surface area contributed by atoms with Gasteiger partial charge >= 0.3 is 19.8 Å². The molecule has 0 spiro atoms. The summed E-state index contributed by atoms with van der Waals surface area (Å²) in [6.07, 6.45) is 44.6. The molecular formula is C39H63O8P. The van der Waals surface area contributed by atoms with Gasteiger partial charge in [0.15, 0.2) is 6.10 Å². The molecule has 0 aromatic rings. The van der Waals surface area contributed by atoms with Gasteiger partial charge in [-0.15, -0.1) is 0 Å². The molecule has 1 unspecified atom stereocenters. The number of esters is 2. The van der Waals surface area contributed by atoms with E-state index in [4.69, 9.17) is 19.3 Å². The predicted octanol–water partition coefficient (Wildman–Crippen LogP) is 10.5. The Kier molecular flexibility index (Phi) is 32.1. The Hall–Kier alpha value is -2.77. The summed E-state index contributed by atoms with van der Waals surface area (Å²) in [5.41, 5.74) is 0. The molecule has 0 radical (unpaired) electrons. The van der Waals surface area contributed by atoms with Gasteiger partial charge in [-0.2, -0.15) is 0 Å². The molecule has 0 saturated heterocycles. The molecule has 0 saturated carbocycles. The fourth-order valence-electron chi connectivity index (χ4n) is 4.26. The molecule has 48 heavy (non-hydrogen) atoms. The zero-order chi connectivity index (χ0) is 35.4. The summed E-state index contributed by atoms with van der Waals surface area (Å²) >= 11 is 0. The van der Waals surface area contributed by atoms with Crippen LogP contribution in [0.1, 0.15) is 129 Å². The van der Waals surface area contributed by atoms with Crippen LogP contribution in [0.4, 0.5) is 0 Å². The number of phosphoric ester groups is 1. The van der Waals surface area contributed by atoms with Gasteiger partial charge in [0, 0.05) is 12.8 Å². The Morgan fingerprint density at radius 3 is 1.58 bits per heavy atom. The van der Waals surface area contributed by atoms with E-state index in [1.165, 1.54) is 12.8 Å². The molecule has 0 amide bonds. The summed E-state index contributed by atoms with van der Waals surface area (Å²) < 4.78 is 26.1. The van der Waals surface area contributed by atoms with Gasteiger partial charge in [0.25, 0.3) is 0 Å². The number of rotatable bonds is 31. The lowest BCUT2D eigenvalue weighted by Crippen LogP contribution is -2.29. The van der Waals surface area contributed by atoms with Crippen molar-refractivity contribution in [3.05, 3.63) is 85.1 Å². The monoisotopic (exact) mass is 690 g/mol. The van der Waals surface area contributed by atoms with E-state index < -0.39 is 32.5 Å². The van der Waals surface area contributed by atoms with Crippen LogP contribution in [-0.2, 0) is 28.2 Å². The van der Waals surface area contributed by atoms with Crippen molar-refractivity contribution in [3.8, 4) is 0 Å². The van der Waals surface area contributed by atoms with Gasteiger partial charge in [-0.1, -0.05) is 131 Å². The SMILES string of the molecule is CC/C=C\C/C=C\C/C=C\C/C=C\C/C=C\C/C=C\CCC(=O)OC(COC(=O)CCCCCCC/C=C\CCCC)COP(=O)(O)O. The first-order valence-corrected chi connectivity index (χ1v) is 19.4. The normalized spacial score (nSPS) is 13.5. The van der Waals surface area contributed by atoms with Crippen LogP contribution in [-0.4, -0.2) is 41.0 Å². The second-order valence-corrected chi connectivity index (χ2v) is 12.7. The second kappa shape index (κ2) is 34.1. The van der Waals surface area contributed by atoms with E-state index in [1.54, 1.807) is 0 Å². The van der Waals surface area contributed by atoms with Crippen LogP contribution in [0.25, 0.3) is 0 Å². The highest BCUT2D eigenvalue weighted by molar-refractivity contribution is 7.46. The number of phosphoric acid groups is 1. The molecule has 0 bridgehead atoms. The van der Waals surface area contributed by atoms with Crippen LogP contribution >= 0.6 is 7.82 Å². The Morgan fingerprint density at radius 2 is 1.04 bits per heavy atom. The molecule has 272 valence electrons. The molecule has 0 aliphatic heterocycles. The van der Waals surface area contributed by atoms with Gasteiger partial charge in [0.05, 0.1) is 6.61 Å². The number of hydrogen-bond acceptors (Lipinski definition) is 6. The molecule has 0 aliphatic carbocycles. The van der Waals surface area contributed by atoms with Crippen molar-refractivity contribution in [2.24, 2.45) is 0 Å². The van der Waals surface area contributed by atoms with Gasteiger partial charge in [-0.25, -0.2) is 4.57 Å². The first-order valence-electron chi connectivity index (χ1n) is 17.9. The molecule has 2 N–H and O–H groups in total. The van der Waals surface area contributed by atoms with Gasteiger partial charge in [0.2, 0.25) is 0 Å². The second-order valence-electron chi connectivity index (χ2n) is 11.5. The smallest absolute Gasteiger partial charge is 0.462 e. The summed E-state index contributed by atoms with van der Waals surface area (Å²) in [5, 5.41) is 0. The van der Waals surface area contributed by atoms with Crippen LogP contribution in [0.15, 0.2) is 85.1 Å². The first kappa shape index (κ1) is 45.2. The molecule has 0 aromatic heterocycles. The Balaban J connectivity index is 4.17. The summed E-state index contributed by atoms with van der Waals surface area (Å²) in [4.78, 5) is 42.5. The van der Waals surface area contributed by atoms with Crippen LogP contribution in [0.5, 0.6) is 0 Å². The van der Waals surface area contributed by atoms with Gasteiger partial charge in [-0.05, 0) is 70.6 Å². The van der Waals surface area contributed by atoms with Crippen LogP contribution < -0.4 is 0 Å². The van der Waals surface area contributed by atoms with Crippen molar-refractivity contribution >= 4 is 19.8 Å². The molecule has 0 aliphatic rings. The van der Waals surface area contributed by atoms with E-state index in [1.807, 2.05) is 12.2 Å². The average molecular weight is 691 g/mol. The minimum atomic E-state index is -4.77. The van der Waals surface area contributed by atoms with E-state index in [9.17, 15) is 14.2 Å². The van der Waals surface area contributed by atoms with Crippen molar-refractivity contribution in [1.29, 1.82) is 0 Å². The lowest BCUT2D eigenvalue weighted by Gasteiger charge is -2.18. The highest BCUT2D eigenvalue weighted by Crippen LogP contribution is 2.35. The third kappa shape index (κ3) is 36.1. The van der Waals surface area contributed by atoms with Crippen molar-refractivity contribution in [3.63, 3.8) is 0 Å². The van der Waals surface area contributed by atoms with E-state index in [2.05, 4.69) is 91.3 Å². The van der Waals surface area contributed by atoms with Gasteiger partial charge < -0.3 is 19.3 Å². The molecule has 0 fully saturated rings. The molecule has 0 heterocycles. The maximum atomic E-state index is 12.3. The number of carbonyl (C=O) groups excluding carboxylic acids is 2. The zero-order valence-electron chi connectivity index (χ0n) is 29.6. The van der Waals surface area contributed by atoms with Crippen molar-refractivity contribution < 1.29 is 37.9 Å². The quantitative estimate of drug-likeness (QED) is 0.0319. The largest absolute Gasteiger partial charge is 0.469 e. The molecule has 1 atom stereocenters. The maximum absolute atomic E-state index is 12.3. The number of allylic oxidation sites excluding steroid dienone is 14. The highest BCUT2D eigenvalue weighted by Gasteiger charge is 2.22. The lowest BCUT2D eigenvalue weighted by molar-refractivity contribution is -0.161. The van der Waals surface area contributed by atoms with Gasteiger partial charge in [-0.3, -0.25) is 14.1 Å². The first-order chi connectivity index (χ1) is 23.3. The summed E-state index contributed by atoms with van der Waals surface area (Å²) in [5.74, 6) is -1.01. The summed E-state index contributed by atoms with van der Waals surface area (Å²) in [7, 11) is -4.77. The number of unbranched alkanes of at least 4 members (excludes halogenated alkanes) is 7. The minimum Gasteiger partial charge on any atom is -0.462 e. The van der Waals surface area contributed by atoms with Crippen LogP contribution in [0.3, 0.4) is 0 Å². The summed E-state index contributed by atoms with van der Waals surface area (Å²) in [6, 6.07) is 0. The third-order valence-corrected chi connectivity index (χ3v) is 7.40. The maximum Gasteiger partial charge on any atom is 0.469 e. The molecule has 0 aromatic carbocycles. The fraction of sp³-hybridized carbons (Fsp3) is 0.590. The zero-order valence-corrected chi connectivity index (χ0v) is 30.5. The molecule has 9 heteroatoms. The molecular weight excluding hydrogens is 627 g/mol. The minimum absolute atomic E-state index is 0.0804. The van der Waals surface area contributed by atoms with E-state index in [0.717, 1.165) is 77.0 Å². The van der Waals surface area contributed by atoms with Crippen molar-refractivity contribution in [2.45, 2.75) is 136 Å². The van der Waals surface area contributed by atoms with Crippen LogP contribution in [0, 0.1) is 0 Å². The Labute approximate surface area is 291 Å². The number of ether oxygens (including phenoxy) is 2. The third-order valence-electron chi connectivity index (χ3n) is 6.91. The van der Waals surface area contributed by atoms with E-state index in [0.29, 0.717) is 12.8 Å². The van der Waals surface area contributed by atoms with Crippen molar-refractivity contribution in [2.75, 3.05) is 13.2 Å². The Morgan fingerprint density at radius 1 is 0.562 bits per heavy atom. The standard InChI is InChI=1S/C39H63O8P/c1-3-5-7-9-11-13-15-16-17-18-19-20-21-22-24-26-28-30-32-34-39(41)47-37(36-46-48(42,43)44)35-45-38(40)33-31-29-27-25-23-14-12-10-8-6-4-2/h5,7,10-13,16-17,19-20,22,24,28,30,37H,3-4,6,8-9,14-15,18,21,23,25-27,29,31-36H2,1-2H3,(H2,42,43,44)/b7-5-,12-10-,13-11-,17-16-,20-19-,24-22-,30-28-. The highest BCUT2D eigenvalue weighted by atomic mass is 31.2. The topological polar surface area (TPSA) is 119 Å². The predicted molar refractivity (Wildman–Crippen MR) is 197 cm³/mol. The molecule has 8 nitrogen and oxygen atoms in total. The van der Waals surface area contributed by atoms with E-state index in [-0.39, 0.29) is 19.4 Å². The van der Waals surface area contributed by atoms with Crippen molar-refractivity contribution in [1.82, 2.24) is 0 Å². The van der Waals surface area contributed by atoms with Gasteiger partial charge in [0.1, 0.15) is 6.61 Å². The number of hydrogen-bond donors (Lipinski definition) is 2. The van der Waals surface area contributed by atoms with Crippen LogP contribution in [0.2, 0.25) is 0 Å². The lowest BCUT2D eigenvalue weighted by atomic mass is 10.1. The summed E-state index contributed by atoms with van der Waals surface area (Å²) in [6.45, 7) is 3.43. The molecule has 0 rings (SSSR count).